The Kier molecular flexibility index (Phi) is 7.95. The number of hydrogen-bond donors (Lipinski definition) is 4. The van der Waals surface area contributed by atoms with E-state index in [4.69, 9.17) is 4.74 Å². The maximum absolute atomic E-state index is 12.3. The van der Waals surface area contributed by atoms with Gasteiger partial charge in [0.25, 0.3) is 0 Å². The highest BCUT2D eigenvalue weighted by Gasteiger charge is 2.64. The van der Waals surface area contributed by atoms with Crippen molar-refractivity contribution in [1.82, 2.24) is 5.32 Å². The highest BCUT2D eigenvalue weighted by atomic mass is 16.5. The Morgan fingerprint density at radius 1 is 0.973 bits per heavy atom. The van der Waals surface area contributed by atoms with Crippen LogP contribution >= 0.6 is 0 Å². The number of fused-ring (bicyclic) bond motifs is 5. The van der Waals surface area contributed by atoms with Crippen LogP contribution in [0.2, 0.25) is 0 Å². The second-order valence-electron chi connectivity index (χ2n) is 14.3. The van der Waals surface area contributed by atoms with Gasteiger partial charge in [-0.1, -0.05) is 34.1 Å². The van der Waals surface area contributed by atoms with Crippen molar-refractivity contribution in [3.63, 3.8) is 0 Å². The number of alkyl carbamates (subject to hydrolysis) is 1. The minimum absolute atomic E-state index is 0.169. The van der Waals surface area contributed by atoms with E-state index in [9.17, 15) is 20.1 Å². The molecule has 5 aliphatic carbocycles. The average molecular weight is 520 g/mol. The molecule has 5 saturated carbocycles. The van der Waals surface area contributed by atoms with Gasteiger partial charge in [0.15, 0.2) is 0 Å². The van der Waals surface area contributed by atoms with Crippen LogP contribution in [0.1, 0.15) is 105 Å². The predicted octanol–water partition coefficient (Wildman–Crippen LogP) is 5.28. The fourth-order valence-electron chi connectivity index (χ4n) is 10.8. The summed E-state index contributed by atoms with van der Waals surface area (Å²) in [6, 6.07) is -0.169. The molecule has 6 nitrogen and oxygen atoms in total. The summed E-state index contributed by atoms with van der Waals surface area (Å²) >= 11 is 0. The van der Waals surface area contributed by atoms with Gasteiger partial charge in [-0.15, -0.1) is 0 Å². The maximum atomic E-state index is 12.3. The smallest absolute Gasteiger partial charge is 0.407 e. The van der Waals surface area contributed by atoms with Crippen LogP contribution in [0.5, 0.6) is 0 Å². The molecule has 6 heteroatoms. The minimum atomic E-state index is -0.448. The largest absolute Gasteiger partial charge is 0.450 e. The molecule has 5 aliphatic rings. The van der Waals surface area contributed by atoms with Gasteiger partial charge < -0.3 is 25.4 Å². The second-order valence-corrected chi connectivity index (χ2v) is 14.3. The van der Waals surface area contributed by atoms with E-state index >= 15 is 0 Å². The van der Waals surface area contributed by atoms with E-state index in [0.29, 0.717) is 48.0 Å². The van der Waals surface area contributed by atoms with E-state index in [0.717, 1.165) is 51.4 Å². The lowest BCUT2D eigenvalue weighted by Gasteiger charge is -2.64. The van der Waals surface area contributed by atoms with Crippen molar-refractivity contribution in [3.05, 3.63) is 0 Å². The van der Waals surface area contributed by atoms with Crippen molar-refractivity contribution in [2.75, 3.05) is 6.61 Å². The van der Waals surface area contributed by atoms with Gasteiger partial charge in [-0.05, 0) is 123 Å². The van der Waals surface area contributed by atoms with Crippen molar-refractivity contribution in [1.29, 1.82) is 0 Å². The number of aliphatic hydroxyl groups excluding tert-OH is 3. The topological polar surface area (TPSA) is 99.0 Å². The van der Waals surface area contributed by atoms with Crippen LogP contribution in [-0.4, -0.2) is 52.4 Å². The summed E-state index contributed by atoms with van der Waals surface area (Å²) in [4.78, 5) is 12.3. The van der Waals surface area contributed by atoms with Crippen LogP contribution < -0.4 is 5.32 Å². The molecule has 3 unspecified atom stereocenters. The van der Waals surface area contributed by atoms with Gasteiger partial charge in [0.1, 0.15) is 0 Å². The number of amides is 1. The minimum Gasteiger partial charge on any atom is -0.450 e. The third-order valence-electron chi connectivity index (χ3n) is 12.7. The van der Waals surface area contributed by atoms with Crippen LogP contribution in [0.25, 0.3) is 0 Å². The van der Waals surface area contributed by atoms with Gasteiger partial charge in [-0.25, -0.2) is 4.79 Å². The van der Waals surface area contributed by atoms with Gasteiger partial charge in [0.05, 0.1) is 31.0 Å². The van der Waals surface area contributed by atoms with E-state index in [1.807, 2.05) is 0 Å². The molecule has 0 aromatic carbocycles. The number of carbonyl (C=O) groups excluding carboxylic acids is 1. The van der Waals surface area contributed by atoms with Gasteiger partial charge in [0, 0.05) is 0 Å². The lowest BCUT2D eigenvalue weighted by molar-refractivity contribution is -0.203. The molecule has 0 aromatic rings. The third kappa shape index (κ3) is 4.75. The number of ether oxygens (including phenoxy) is 1. The van der Waals surface area contributed by atoms with Crippen molar-refractivity contribution in [2.45, 2.75) is 129 Å². The van der Waals surface area contributed by atoms with Crippen LogP contribution in [0.4, 0.5) is 4.79 Å². The molecule has 37 heavy (non-hydrogen) atoms. The molecule has 13 atom stereocenters. The SMILES string of the molecule is CC[C@H]1[C@@H](O)C2[C@@H]3CC[C@H]([C@H](C)CCOC(=O)N[C@H]4CCC[C@@H]4O)C3(C)CC[C@@H]2C2(C)CC[C@@H](O)C[C@@H]12. The Balaban J connectivity index is 1.23. The molecule has 4 N–H and O–H groups in total. The highest BCUT2D eigenvalue weighted by Crippen LogP contribution is 2.69. The monoisotopic (exact) mass is 519 g/mol. The molecule has 1 amide bonds. The molecule has 0 heterocycles. The summed E-state index contributed by atoms with van der Waals surface area (Å²) in [7, 11) is 0. The highest BCUT2D eigenvalue weighted by molar-refractivity contribution is 5.67. The lowest BCUT2D eigenvalue weighted by Crippen LogP contribution is -2.62. The second kappa shape index (κ2) is 10.6. The molecule has 5 fully saturated rings. The summed E-state index contributed by atoms with van der Waals surface area (Å²) in [5.74, 6) is 3.28. The van der Waals surface area contributed by atoms with Gasteiger partial charge in [0.2, 0.25) is 0 Å². The first-order valence-electron chi connectivity index (χ1n) is 15.6. The van der Waals surface area contributed by atoms with Crippen molar-refractivity contribution < 1.29 is 24.9 Å². The molecule has 5 rings (SSSR count). The molecule has 212 valence electrons. The van der Waals surface area contributed by atoms with Gasteiger partial charge in [-0.2, -0.15) is 0 Å². The first kappa shape index (κ1) is 27.7. The zero-order valence-electron chi connectivity index (χ0n) is 23.7. The maximum Gasteiger partial charge on any atom is 0.407 e. The zero-order valence-corrected chi connectivity index (χ0v) is 23.7. The van der Waals surface area contributed by atoms with Crippen molar-refractivity contribution >= 4 is 6.09 Å². The van der Waals surface area contributed by atoms with Crippen LogP contribution in [0, 0.1) is 52.3 Å². The van der Waals surface area contributed by atoms with Crippen molar-refractivity contribution in [2.24, 2.45) is 52.3 Å². The normalized spacial score (nSPS) is 50.0. The average Bonchev–Trinajstić information content (AvgIpc) is 3.42. The van der Waals surface area contributed by atoms with Gasteiger partial charge in [-0.3, -0.25) is 0 Å². The number of aliphatic hydroxyl groups is 3. The third-order valence-corrected chi connectivity index (χ3v) is 12.7. The lowest BCUT2D eigenvalue weighted by atomic mass is 9.41. The first-order chi connectivity index (χ1) is 17.6. The zero-order chi connectivity index (χ0) is 26.5. The molecule has 0 aromatic heterocycles. The Hall–Kier alpha value is -0.850. The molecule has 0 bridgehead atoms. The molecular formula is C31H53NO5. The number of rotatable bonds is 6. The quantitative estimate of drug-likeness (QED) is 0.383. The van der Waals surface area contributed by atoms with Gasteiger partial charge >= 0.3 is 6.09 Å². The summed E-state index contributed by atoms with van der Waals surface area (Å²) < 4.78 is 5.54. The number of carbonyl (C=O) groups is 1. The summed E-state index contributed by atoms with van der Waals surface area (Å²) in [5.41, 5.74) is 0.469. The van der Waals surface area contributed by atoms with E-state index < -0.39 is 12.2 Å². The Morgan fingerprint density at radius 3 is 2.41 bits per heavy atom. The fourth-order valence-corrected chi connectivity index (χ4v) is 10.8. The Morgan fingerprint density at radius 2 is 1.70 bits per heavy atom. The molecule has 0 saturated heterocycles. The fraction of sp³-hybridized carbons (Fsp3) is 0.968. The van der Waals surface area contributed by atoms with Crippen LogP contribution in [0.3, 0.4) is 0 Å². The molecule has 0 aliphatic heterocycles. The van der Waals surface area contributed by atoms with Crippen LogP contribution in [0.15, 0.2) is 0 Å². The number of nitrogens with one attached hydrogen (secondary N) is 1. The Labute approximate surface area is 224 Å². The summed E-state index contributed by atoms with van der Waals surface area (Å²) in [5, 5.41) is 35.2. The number of hydrogen-bond acceptors (Lipinski definition) is 5. The van der Waals surface area contributed by atoms with Crippen molar-refractivity contribution in [3.8, 4) is 0 Å². The van der Waals surface area contributed by atoms with E-state index in [1.165, 1.54) is 25.7 Å². The predicted molar refractivity (Wildman–Crippen MR) is 144 cm³/mol. The first-order valence-corrected chi connectivity index (χ1v) is 15.6. The van der Waals surface area contributed by atoms with E-state index in [2.05, 4.69) is 33.0 Å². The summed E-state index contributed by atoms with van der Waals surface area (Å²) in [6.45, 7) is 9.99. The standard InChI is InChI=1S/C31H53NO5/c1-5-20-24-17-19(33)11-14-31(24,4)23-12-15-30(3)21(9-10-22(30)27(23)28(20)35)18(2)13-16-37-29(36)32-25-7-6-8-26(25)34/h18-28,33-35H,5-17H2,1-4H3,(H,32,36)/t18-,19-,20-,21-,22+,23+,24+,25+,26+,27?,28-,30?,31?/m1/s1. The van der Waals surface area contributed by atoms with Crippen LogP contribution in [-0.2, 0) is 4.74 Å². The Bertz CT molecular complexity index is 821. The van der Waals surface area contributed by atoms with E-state index in [-0.39, 0.29) is 29.1 Å². The molecular weight excluding hydrogens is 466 g/mol. The molecule has 0 spiro atoms. The summed E-state index contributed by atoms with van der Waals surface area (Å²) in [6.07, 6.45) is 10.8. The molecule has 0 radical (unpaired) electrons. The van der Waals surface area contributed by atoms with E-state index in [1.54, 1.807) is 0 Å².